The highest BCUT2D eigenvalue weighted by Crippen LogP contribution is 2.17. The summed E-state index contributed by atoms with van der Waals surface area (Å²) in [6, 6.07) is 19.0. The molecule has 1 atom stereocenters. The highest BCUT2D eigenvalue weighted by atomic mass is 16.3. The lowest BCUT2D eigenvalue weighted by Gasteiger charge is -2.13. The van der Waals surface area contributed by atoms with Gasteiger partial charge in [-0.1, -0.05) is 48.5 Å². The quantitative estimate of drug-likeness (QED) is 0.723. The summed E-state index contributed by atoms with van der Waals surface area (Å²) in [4.78, 5) is 25.3. The number of nitrogens with one attached hydrogen (secondary N) is 1. The maximum Gasteiger partial charge on any atom is 0.252 e. The standard InChI is InChI=1S/C20H17NO3/c1-14(18-12-7-13-24-18)21-20(23)17-11-6-5-10-16(17)19(22)15-8-3-2-4-9-15/h2-14H,1H3,(H,21,23). The minimum Gasteiger partial charge on any atom is -0.467 e. The lowest BCUT2D eigenvalue weighted by atomic mass is 9.98. The molecule has 1 aromatic heterocycles. The molecular weight excluding hydrogens is 302 g/mol. The maximum atomic E-state index is 12.7. The number of rotatable bonds is 5. The largest absolute Gasteiger partial charge is 0.467 e. The predicted molar refractivity (Wildman–Crippen MR) is 90.9 cm³/mol. The number of furan rings is 1. The normalized spacial score (nSPS) is 11.7. The molecular formula is C20H17NO3. The first kappa shape index (κ1) is 15.7. The minimum atomic E-state index is -0.307. The molecule has 24 heavy (non-hydrogen) atoms. The van der Waals surface area contributed by atoms with Gasteiger partial charge >= 0.3 is 0 Å². The SMILES string of the molecule is CC(NC(=O)c1ccccc1C(=O)c1ccccc1)c1ccco1. The third kappa shape index (κ3) is 3.27. The second-order valence-electron chi connectivity index (χ2n) is 5.45. The number of benzene rings is 2. The Kier molecular flexibility index (Phi) is 4.57. The fourth-order valence-electron chi connectivity index (χ4n) is 2.51. The lowest BCUT2D eigenvalue weighted by molar-refractivity contribution is 0.0925. The van der Waals surface area contributed by atoms with Crippen LogP contribution in [0, 0.1) is 0 Å². The summed E-state index contributed by atoms with van der Waals surface area (Å²) in [5, 5.41) is 2.86. The summed E-state index contributed by atoms with van der Waals surface area (Å²) >= 11 is 0. The van der Waals surface area contributed by atoms with E-state index in [9.17, 15) is 9.59 Å². The average molecular weight is 319 g/mol. The molecule has 0 bridgehead atoms. The van der Waals surface area contributed by atoms with Gasteiger partial charge in [-0.2, -0.15) is 0 Å². The van der Waals surface area contributed by atoms with Crippen LogP contribution in [0.25, 0.3) is 0 Å². The van der Waals surface area contributed by atoms with Crippen LogP contribution < -0.4 is 5.32 Å². The number of carbonyl (C=O) groups excluding carboxylic acids is 2. The summed E-state index contributed by atoms with van der Waals surface area (Å²) in [7, 11) is 0. The molecule has 4 nitrogen and oxygen atoms in total. The fourth-order valence-corrected chi connectivity index (χ4v) is 2.51. The molecule has 0 aliphatic heterocycles. The van der Waals surface area contributed by atoms with Gasteiger partial charge in [-0.15, -0.1) is 0 Å². The molecule has 4 heteroatoms. The van der Waals surface area contributed by atoms with Crippen LogP contribution in [-0.4, -0.2) is 11.7 Å². The lowest BCUT2D eigenvalue weighted by Crippen LogP contribution is -2.28. The molecule has 0 fully saturated rings. The Hall–Kier alpha value is -3.14. The fraction of sp³-hybridized carbons (Fsp3) is 0.100. The predicted octanol–water partition coefficient (Wildman–Crippen LogP) is 4.00. The highest BCUT2D eigenvalue weighted by Gasteiger charge is 2.20. The Labute approximate surface area is 140 Å². The van der Waals surface area contributed by atoms with E-state index < -0.39 is 0 Å². The van der Waals surface area contributed by atoms with Gasteiger partial charge in [0.2, 0.25) is 0 Å². The van der Waals surface area contributed by atoms with E-state index in [1.807, 2.05) is 13.0 Å². The molecule has 0 radical (unpaired) electrons. The van der Waals surface area contributed by atoms with Gasteiger partial charge in [0.25, 0.3) is 5.91 Å². The molecule has 1 heterocycles. The first-order valence-electron chi connectivity index (χ1n) is 7.70. The number of hydrogen-bond acceptors (Lipinski definition) is 3. The van der Waals surface area contributed by atoms with Crippen LogP contribution in [0.1, 0.15) is 45.0 Å². The van der Waals surface area contributed by atoms with Gasteiger partial charge in [0.1, 0.15) is 5.76 Å². The summed E-state index contributed by atoms with van der Waals surface area (Å²) < 4.78 is 5.30. The molecule has 0 aliphatic rings. The summed E-state index contributed by atoms with van der Waals surface area (Å²) in [5.74, 6) is 0.181. The smallest absolute Gasteiger partial charge is 0.252 e. The van der Waals surface area contributed by atoms with E-state index in [4.69, 9.17) is 4.42 Å². The number of carbonyl (C=O) groups is 2. The minimum absolute atomic E-state index is 0.174. The molecule has 1 amide bonds. The van der Waals surface area contributed by atoms with Crippen molar-refractivity contribution in [3.8, 4) is 0 Å². The molecule has 3 aromatic rings. The van der Waals surface area contributed by atoms with E-state index >= 15 is 0 Å². The zero-order chi connectivity index (χ0) is 16.9. The monoisotopic (exact) mass is 319 g/mol. The van der Waals surface area contributed by atoms with Crippen LogP contribution in [0.2, 0.25) is 0 Å². The van der Waals surface area contributed by atoms with Gasteiger partial charge < -0.3 is 9.73 Å². The number of hydrogen-bond donors (Lipinski definition) is 1. The van der Waals surface area contributed by atoms with Crippen LogP contribution in [0.4, 0.5) is 0 Å². The van der Waals surface area contributed by atoms with E-state index in [0.29, 0.717) is 22.5 Å². The number of ketones is 1. The average Bonchev–Trinajstić information content (AvgIpc) is 3.16. The van der Waals surface area contributed by atoms with Crippen LogP contribution >= 0.6 is 0 Å². The van der Waals surface area contributed by atoms with Gasteiger partial charge in [-0.3, -0.25) is 9.59 Å². The van der Waals surface area contributed by atoms with Crippen molar-refractivity contribution in [2.75, 3.05) is 0 Å². The van der Waals surface area contributed by atoms with E-state index in [-0.39, 0.29) is 17.7 Å². The first-order valence-corrected chi connectivity index (χ1v) is 7.70. The first-order chi connectivity index (χ1) is 11.7. The van der Waals surface area contributed by atoms with Crippen molar-refractivity contribution >= 4 is 11.7 Å². The molecule has 2 aromatic carbocycles. The Balaban J connectivity index is 1.86. The van der Waals surface area contributed by atoms with Gasteiger partial charge in [0, 0.05) is 11.1 Å². The van der Waals surface area contributed by atoms with Crippen LogP contribution in [0.3, 0.4) is 0 Å². The molecule has 0 aliphatic carbocycles. The topological polar surface area (TPSA) is 59.3 Å². The van der Waals surface area contributed by atoms with E-state index in [1.165, 1.54) is 0 Å². The van der Waals surface area contributed by atoms with Crippen molar-refractivity contribution in [1.82, 2.24) is 5.32 Å². The molecule has 0 spiro atoms. The Bertz CT molecular complexity index is 838. The summed E-state index contributed by atoms with van der Waals surface area (Å²) in [5.41, 5.74) is 1.29. The van der Waals surface area contributed by atoms with Crippen molar-refractivity contribution < 1.29 is 14.0 Å². The molecule has 120 valence electrons. The number of amides is 1. The third-order valence-corrected chi connectivity index (χ3v) is 3.77. The van der Waals surface area contributed by atoms with Crippen molar-refractivity contribution in [3.05, 3.63) is 95.4 Å². The van der Waals surface area contributed by atoms with Crippen LogP contribution in [0.5, 0.6) is 0 Å². The molecule has 0 saturated heterocycles. The van der Waals surface area contributed by atoms with Crippen molar-refractivity contribution in [2.24, 2.45) is 0 Å². The molecule has 3 rings (SSSR count). The van der Waals surface area contributed by atoms with E-state index in [0.717, 1.165) is 0 Å². The zero-order valence-electron chi connectivity index (χ0n) is 13.2. The van der Waals surface area contributed by atoms with Crippen molar-refractivity contribution in [2.45, 2.75) is 13.0 Å². The highest BCUT2D eigenvalue weighted by molar-refractivity contribution is 6.15. The zero-order valence-corrected chi connectivity index (χ0v) is 13.2. The van der Waals surface area contributed by atoms with Crippen molar-refractivity contribution in [1.29, 1.82) is 0 Å². The summed E-state index contributed by atoms with van der Waals surface area (Å²) in [6.45, 7) is 1.83. The molecule has 1 N–H and O–H groups in total. The van der Waals surface area contributed by atoms with E-state index in [2.05, 4.69) is 5.32 Å². The van der Waals surface area contributed by atoms with Crippen LogP contribution in [-0.2, 0) is 0 Å². The van der Waals surface area contributed by atoms with Gasteiger partial charge in [0.05, 0.1) is 17.9 Å². The Morgan fingerprint density at radius 3 is 2.21 bits per heavy atom. The van der Waals surface area contributed by atoms with Gasteiger partial charge in [-0.25, -0.2) is 0 Å². The summed E-state index contributed by atoms with van der Waals surface area (Å²) in [6.07, 6.45) is 1.56. The Morgan fingerprint density at radius 1 is 0.875 bits per heavy atom. The maximum absolute atomic E-state index is 12.7. The third-order valence-electron chi connectivity index (χ3n) is 3.77. The molecule has 0 saturated carbocycles. The second-order valence-corrected chi connectivity index (χ2v) is 5.45. The van der Waals surface area contributed by atoms with Gasteiger partial charge in [-0.05, 0) is 25.1 Å². The Morgan fingerprint density at radius 2 is 1.54 bits per heavy atom. The van der Waals surface area contributed by atoms with Crippen LogP contribution in [0.15, 0.2) is 77.4 Å². The van der Waals surface area contributed by atoms with Crippen molar-refractivity contribution in [3.63, 3.8) is 0 Å². The molecule has 1 unspecified atom stereocenters. The van der Waals surface area contributed by atoms with E-state index in [1.54, 1.807) is 66.9 Å². The second kappa shape index (κ2) is 6.96. The van der Waals surface area contributed by atoms with Gasteiger partial charge in [0.15, 0.2) is 5.78 Å².